The molecule has 3 rings (SSSR count). The molecule has 102 valence electrons. The van der Waals surface area contributed by atoms with E-state index in [1.54, 1.807) is 4.88 Å². The zero-order valence-electron chi connectivity index (χ0n) is 11.4. The van der Waals surface area contributed by atoms with Gasteiger partial charge in [0, 0.05) is 11.3 Å². The van der Waals surface area contributed by atoms with Crippen molar-refractivity contribution >= 4 is 11.3 Å². The van der Waals surface area contributed by atoms with Crippen LogP contribution < -0.4 is 5.32 Å². The molecule has 4 heteroatoms. The summed E-state index contributed by atoms with van der Waals surface area (Å²) >= 11 is 1.88. The normalized spacial score (nSPS) is 14.6. The van der Waals surface area contributed by atoms with Crippen LogP contribution in [0.3, 0.4) is 0 Å². The lowest BCUT2D eigenvalue weighted by atomic mass is 9.99. The molecule has 0 aliphatic heterocycles. The highest BCUT2D eigenvalue weighted by atomic mass is 32.1. The Morgan fingerprint density at radius 3 is 3.11 bits per heavy atom. The van der Waals surface area contributed by atoms with Crippen LogP contribution in [0.1, 0.15) is 35.6 Å². The van der Waals surface area contributed by atoms with E-state index in [1.165, 1.54) is 36.1 Å². The molecular formula is C15H20N2OS. The number of fused-ring (bicyclic) bond motifs is 1. The van der Waals surface area contributed by atoms with Crippen LogP contribution in [-0.4, -0.2) is 18.6 Å². The molecule has 0 fully saturated rings. The van der Waals surface area contributed by atoms with Gasteiger partial charge in [0.2, 0.25) is 0 Å². The average Bonchev–Trinajstić information content (AvgIpc) is 3.04. The van der Waals surface area contributed by atoms with Gasteiger partial charge in [0.1, 0.15) is 0 Å². The number of nitrogens with one attached hydrogen (secondary N) is 1. The molecule has 0 spiro atoms. The van der Waals surface area contributed by atoms with Crippen LogP contribution >= 0.6 is 11.3 Å². The van der Waals surface area contributed by atoms with Gasteiger partial charge in [0.05, 0.1) is 11.1 Å². The summed E-state index contributed by atoms with van der Waals surface area (Å²) in [5, 5.41) is 3.14. The van der Waals surface area contributed by atoms with Crippen LogP contribution in [0.25, 0.3) is 10.6 Å². The summed E-state index contributed by atoms with van der Waals surface area (Å²) in [6, 6.07) is 2.30. The standard InChI is InChI=1S/C15H20N2OS/c1-16-8-4-7-15-17-10-12(18-15)14-9-11-5-2-3-6-13(11)19-14/h9-10,16H,2-8H2,1H3. The largest absolute Gasteiger partial charge is 0.440 e. The zero-order chi connectivity index (χ0) is 13.1. The van der Waals surface area contributed by atoms with Crippen molar-refractivity contribution in [3.63, 3.8) is 0 Å². The highest BCUT2D eigenvalue weighted by molar-refractivity contribution is 7.15. The molecule has 0 amide bonds. The van der Waals surface area contributed by atoms with Gasteiger partial charge < -0.3 is 9.73 Å². The molecule has 1 aliphatic rings. The Hall–Kier alpha value is -1.13. The van der Waals surface area contributed by atoms with Gasteiger partial charge >= 0.3 is 0 Å². The molecule has 1 aliphatic carbocycles. The molecule has 0 aromatic carbocycles. The fourth-order valence-electron chi connectivity index (χ4n) is 2.57. The van der Waals surface area contributed by atoms with Crippen molar-refractivity contribution in [2.24, 2.45) is 0 Å². The Bertz CT molecular complexity index is 521. The van der Waals surface area contributed by atoms with Gasteiger partial charge in [0.15, 0.2) is 11.7 Å². The smallest absolute Gasteiger partial charge is 0.194 e. The summed E-state index contributed by atoms with van der Waals surface area (Å²) < 4.78 is 5.87. The summed E-state index contributed by atoms with van der Waals surface area (Å²) in [4.78, 5) is 7.18. The third-order valence-corrected chi connectivity index (χ3v) is 4.86. The maximum atomic E-state index is 5.87. The Balaban J connectivity index is 1.73. The van der Waals surface area contributed by atoms with Crippen LogP contribution in [0, 0.1) is 0 Å². The second-order valence-electron chi connectivity index (χ2n) is 5.09. The molecule has 2 aromatic heterocycles. The van der Waals surface area contributed by atoms with Gasteiger partial charge in [-0.2, -0.15) is 0 Å². The van der Waals surface area contributed by atoms with E-state index < -0.39 is 0 Å². The first-order valence-electron chi connectivity index (χ1n) is 7.08. The molecule has 19 heavy (non-hydrogen) atoms. The third-order valence-electron chi connectivity index (χ3n) is 3.61. The fourth-order valence-corrected chi connectivity index (χ4v) is 3.77. The van der Waals surface area contributed by atoms with Crippen molar-refractivity contribution in [3.05, 3.63) is 28.6 Å². The third kappa shape index (κ3) is 2.90. The first kappa shape index (κ1) is 12.9. The van der Waals surface area contributed by atoms with E-state index >= 15 is 0 Å². The van der Waals surface area contributed by atoms with Gasteiger partial charge in [0.25, 0.3) is 0 Å². The van der Waals surface area contributed by atoms with Gasteiger partial charge in [-0.3, -0.25) is 0 Å². The van der Waals surface area contributed by atoms with Crippen molar-refractivity contribution < 1.29 is 4.42 Å². The van der Waals surface area contributed by atoms with E-state index in [0.29, 0.717) is 0 Å². The maximum absolute atomic E-state index is 5.87. The first-order chi connectivity index (χ1) is 9.36. The van der Waals surface area contributed by atoms with Crippen molar-refractivity contribution in [1.82, 2.24) is 10.3 Å². The lowest BCUT2D eigenvalue weighted by Crippen LogP contribution is -2.08. The quantitative estimate of drug-likeness (QED) is 0.850. The molecule has 3 nitrogen and oxygen atoms in total. The topological polar surface area (TPSA) is 38.1 Å². The van der Waals surface area contributed by atoms with Crippen LogP contribution in [0.2, 0.25) is 0 Å². The van der Waals surface area contributed by atoms with Gasteiger partial charge in [-0.15, -0.1) is 11.3 Å². The van der Waals surface area contributed by atoms with Crippen molar-refractivity contribution in [2.45, 2.75) is 38.5 Å². The monoisotopic (exact) mass is 276 g/mol. The minimum Gasteiger partial charge on any atom is -0.440 e. The molecule has 0 unspecified atom stereocenters. The van der Waals surface area contributed by atoms with E-state index in [0.717, 1.165) is 31.0 Å². The number of aryl methyl sites for hydroxylation is 3. The van der Waals surface area contributed by atoms with Crippen LogP contribution in [0.5, 0.6) is 0 Å². The SMILES string of the molecule is CNCCCc1ncc(-c2cc3c(s2)CCCC3)o1. The summed E-state index contributed by atoms with van der Waals surface area (Å²) in [7, 11) is 1.97. The van der Waals surface area contributed by atoms with Gasteiger partial charge in [-0.25, -0.2) is 4.98 Å². The predicted molar refractivity (Wildman–Crippen MR) is 78.7 cm³/mol. The van der Waals surface area contributed by atoms with Crippen molar-refractivity contribution in [2.75, 3.05) is 13.6 Å². The van der Waals surface area contributed by atoms with Gasteiger partial charge in [-0.05, 0) is 57.3 Å². The van der Waals surface area contributed by atoms with Crippen LogP contribution in [-0.2, 0) is 19.3 Å². The van der Waals surface area contributed by atoms with E-state index in [4.69, 9.17) is 4.42 Å². The molecule has 2 aromatic rings. The second kappa shape index (κ2) is 5.88. The number of rotatable bonds is 5. The van der Waals surface area contributed by atoms with E-state index in [1.807, 2.05) is 24.6 Å². The summed E-state index contributed by atoms with van der Waals surface area (Å²) in [5.41, 5.74) is 1.53. The molecule has 1 N–H and O–H groups in total. The highest BCUT2D eigenvalue weighted by Gasteiger charge is 2.16. The van der Waals surface area contributed by atoms with E-state index in [-0.39, 0.29) is 0 Å². The predicted octanol–water partition coefficient (Wildman–Crippen LogP) is 3.43. The minimum atomic E-state index is 0.858. The molecule has 0 atom stereocenters. The summed E-state index contributed by atoms with van der Waals surface area (Å²) in [5.74, 6) is 1.80. The zero-order valence-corrected chi connectivity index (χ0v) is 12.2. The molecule has 0 bridgehead atoms. The van der Waals surface area contributed by atoms with Crippen molar-refractivity contribution in [3.8, 4) is 10.6 Å². The van der Waals surface area contributed by atoms with Gasteiger partial charge in [-0.1, -0.05) is 0 Å². The highest BCUT2D eigenvalue weighted by Crippen LogP contribution is 2.35. The molecular weight excluding hydrogens is 256 g/mol. The van der Waals surface area contributed by atoms with Crippen LogP contribution in [0.4, 0.5) is 0 Å². The van der Waals surface area contributed by atoms with Crippen molar-refractivity contribution in [1.29, 1.82) is 0 Å². The lowest BCUT2D eigenvalue weighted by Gasteiger charge is -2.08. The number of oxazole rings is 1. The Labute approximate surface area is 118 Å². The average molecular weight is 276 g/mol. The molecule has 0 saturated carbocycles. The molecule has 2 heterocycles. The fraction of sp³-hybridized carbons (Fsp3) is 0.533. The summed E-state index contributed by atoms with van der Waals surface area (Å²) in [6.45, 7) is 1.00. The number of aromatic nitrogens is 1. The second-order valence-corrected chi connectivity index (χ2v) is 6.23. The number of hydrogen-bond acceptors (Lipinski definition) is 4. The first-order valence-corrected chi connectivity index (χ1v) is 7.90. The van der Waals surface area contributed by atoms with E-state index in [9.17, 15) is 0 Å². The Kier molecular flexibility index (Phi) is 3.99. The number of nitrogens with zero attached hydrogens (tertiary/aromatic N) is 1. The molecule has 0 radical (unpaired) electrons. The Morgan fingerprint density at radius 2 is 2.26 bits per heavy atom. The summed E-state index contributed by atoms with van der Waals surface area (Å²) in [6.07, 6.45) is 8.99. The molecule has 0 saturated heterocycles. The maximum Gasteiger partial charge on any atom is 0.194 e. The lowest BCUT2D eigenvalue weighted by molar-refractivity contribution is 0.496. The number of thiophene rings is 1. The van der Waals surface area contributed by atoms with E-state index in [2.05, 4.69) is 16.4 Å². The Morgan fingerprint density at radius 1 is 1.37 bits per heavy atom. The number of hydrogen-bond donors (Lipinski definition) is 1. The van der Waals surface area contributed by atoms with Crippen LogP contribution in [0.15, 0.2) is 16.7 Å². The minimum absolute atomic E-state index is 0.858.